The summed E-state index contributed by atoms with van der Waals surface area (Å²) < 4.78 is 3.25. The molecule has 3 aromatic rings. The molecule has 0 spiro atoms. The number of aryl methyl sites for hydroxylation is 1. The van der Waals surface area contributed by atoms with Crippen LogP contribution in [-0.2, 0) is 11.3 Å². The molecule has 9 nitrogen and oxygen atoms in total. The molecule has 1 amide bonds. The summed E-state index contributed by atoms with van der Waals surface area (Å²) in [6, 6.07) is 7.57. The molecule has 0 aliphatic rings. The number of hydrogen-bond acceptors (Lipinski definition) is 5. The predicted molar refractivity (Wildman–Crippen MR) is 98.5 cm³/mol. The van der Waals surface area contributed by atoms with Crippen molar-refractivity contribution in [3.05, 3.63) is 70.1 Å². The molecule has 0 aliphatic carbocycles. The van der Waals surface area contributed by atoms with Crippen LogP contribution in [0.1, 0.15) is 29.9 Å². The minimum atomic E-state index is -0.476. The lowest BCUT2D eigenvalue weighted by molar-refractivity contribution is -0.386. The van der Waals surface area contributed by atoms with Gasteiger partial charge in [-0.3, -0.25) is 19.6 Å². The summed E-state index contributed by atoms with van der Waals surface area (Å²) >= 11 is 0. The fourth-order valence-corrected chi connectivity index (χ4v) is 2.96. The van der Waals surface area contributed by atoms with E-state index in [1.807, 2.05) is 42.0 Å². The van der Waals surface area contributed by atoms with Gasteiger partial charge in [0, 0.05) is 18.1 Å². The minimum Gasteiger partial charge on any atom is -0.348 e. The van der Waals surface area contributed by atoms with Gasteiger partial charge in [-0.2, -0.15) is 5.10 Å². The smallest absolute Gasteiger partial charge is 0.312 e. The van der Waals surface area contributed by atoms with Crippen molar-refractivity contribution in [2.75, 3.05) is 0 Å². The van der Waals surface area contributed by atoms with Gasteiger partial charge in [-0.15, -0.1) is 0 Å². The van der Waals surface area contributed by atoms with Crippen molar-refractivity contribution < 1.29 is 9.72 Å². The number of rotatable bonds is 6. The molecule has 0 bridgehead atoms. The molecule has 2 heterocycles. The van der Waals surface area contributed by atoms with Gasteiger partial charge in [-0.1, -0.05) is 12.1 Å². The van der Waals surface area contributed by atoms with Gasteiger partial charge in [-0.25, -0.2) is 4.98 Å². The monoisotopic (exact) mass is 368 g/mol. The van der Waals surface area contributed by atoms with Crippen molar-refractivity contribution in [2.24, 2.45) is 0 Å². The van der Waals surface area contributed by atoms with Gasteiger partial charge in [0.15, 0.2) is 0 Å². The second-order valence-corrected chi connectivity index (χ2v) is 6.28. The molecule has 9 heteroatoms. The Kier molecular flexibility index (Phi) is 5.02. The Morgan fingerprint density at radius 1 is 1.30 bits per heavy atom. The van der Waals surface area contributed by atoms with Crippen LogP contribution in [0.15, 0.2) is 43.0 Å². The lowest BCUT2D eigenvalue weighted by Crippen LogP contribution is -2.30. The van der Waals surface area contributed by atoms with E-state index in [9.17, 15) is 14.9 Å². The van der Waals surface area contributed by atoms with Gasteiger partial charge in [0.2, 0.25) is 5.91 Å². The number of nitrogens with one attached hydrogen (secondary N) is 1. The molecule has 0 unspecified atom stereocenters. The topological polar surface area (TPSA) is 108 Å². The van der Waals surface area contributed by atoms with Crippen molar-refractivity contribution in [1.82, 2.24) is 24.6 Å². The highest BCUT2D eigenvalue weighted by molar-refractivity contribution is 5.76. The fourth-order valence-electron chi connectivity index (χ4n) is 2.96. The molecule has 0 saturated carbocycles. The molecule has 1 aromatic carbocycles. The lowest BCUT2D eigenvalue weighted by atomic mass is 10.1. The minimum absolute atomic E-state index is 0.0501. The number of aromatic nitrogens is 4. The number of imidazole rings is 1. The average Bonchev–Trinajstić information content (AvgIpc) is 3.23. The fraction of sp³-hybridized carbons (Fsp3) is 0.278. The summed E-state index contributed by atoms with van der Waals surface area (Å²) in [5.41, 5.74) is 2.54. The Bertz CT molecular complexity index is 960. The van der Waals surface area contributed by atoms with Crippen LogP contribution in [-0.4, -0.2) is 30.2 Å². The molecule has 0 radical (unpaired) electrons. The Morgan fingerprint density at radius 3 is 2.56 bits per heavy atom. The van der Waals surface area contributed by atoms with Gasteiger partial charge in [-0.05, 0) is 38.5 Å². The Balaban J connectivity index is 1.66. The van der Waals surface area contributed by atoms with E-state index < -0.39 is 4.92 Å². The van der Waals surface area contributed by atoms with Crippen LogP contribution in [0.2, 0.25) is 0 Å². The largest absolute Gasteiger partial charge is 0.348 e. The van der Waals surface area contributed by atoms with Crippen LogP contribution in [0.25, 0.3) is 5.69 Å². The molecule has 0 aliphatic heterocycles. The van der Waals surface area contributed by atoms with Gasteiger partial charge >= 0.3 is 5.69 Å². The average molecular weight is 368 g/mol. The maximum absolute atomic E-state index is 12.3. The first-order valence-electron chi connectivity index (χ1n) is 8.43. The highest BCUT2D eigenvalue weighted by Gasteiger charge is 2.23. The molecule has 27 heavy (non-hydrogen) atoms. The van der Waals surface area contributed by atoms with Crippen LogP contribution >= 0.6 is 0 Å². The molecule has 1 atom stereocenters. The lowest BCUT2D eigenvalue weighted by Gasteiger charge is -2.15. The molecule has 0 saturated heterocycles. The quantitative estimate of drug-likeness (QED) is 0.531. The van der Waals surface area contributed by atoms with Crippen molar-refractivity contribution in [3.63, 3.8) is 0 Å². The first-order chi connectivity index (χ1) is 12.9. The van der Waals surface area contributed by atoms with Crippen LogP contribution in [0.5, 0.6) is 0 Å². The van der Waals surface area contributed by atoms with E-state index in [2.05, 4.69) is 15.4 Å². The van der Waals surface area contributed by atoms with E-state index in [4.69, 9.17) is 0 Å². The van der Waals surface area contributed by atoms with Gasteiger partial charge in [0.05, 0.1) is 17.3 Å². The summed E-state index contributed by atoms with van der Waals surface area (Å²) in [6.07, 6.45) is 5.28. The zero-order valence-corrected chi connectivity index (χ0v) is 15.3. The predicted octanol–water partition coefficient (Wildman–Crippen LogP) is 2.47. The van der Waals surface area contributed by atoms with Crippen molar-refractivity contribution in [3.8, 4) is 5.69 Å². The third-order valence-electron chi connectivity index (χ3n) is 4.39. The number of hydrogen-bond donors (Lipinski definition) is 1. The third-order valence-corrected chi connectivity index (χ3v) is 4.39. The maximum atomic E-state index is 12.3. The SMILES string of the molecule is Cc1nn(CC(=O)N[C@H](C)c2ccc(-n3ccnc3)cc2)c(C)c1[N+](=O)[O-]. The van der Waals surface area contributed by atoms with E-state index in [-0.39, 0.29) is 24.2 Å². The van der Waals surface area contributed by atoms with Crippen molar-refractivity contribution >= 4 is 11.6 Å². The van der Waals surface area contributed by atoms with Crippen molar-refractivity contribution in [1.29, 1.82) is 0 Å². The van der Waals surface area contributed by atoms with Crippen molar-refractivity contribution in [2.45, 2.75) is 33.4 Å². The molecule has 140 valence electrons. The van der Waals surface area contributed by atoms with E-state index in [1.54, 1.807) is 26.4 Å². The summed E-state index contributed by atoms with van der Waals surface area (Å²) in [5.74, 6) is -0.262. The number of carbonyl (C=O) groups excluding carboxylic acids is 1. The summed E-state index contributed by atoms with van der Waals surface area (Å²) in [5, 5.41) is 18.1. The molecule has 0 fully saturated rings. The molecular formula is C18H20N6O3. The molecule has 2 aromatic heterocycles. The molecule has 3 rings (SSSR count). The Morgan fingerprint density at radius 2 is 2.00 bits per heavy atom. The van der Waals surface area contributed by atoms with Gasteiger partial charge in [0.25, 0.3) is 0 Å². The van der Waals surface area contributed by atoms with E-state index >= 15 is 0 Å². The number of benzene rings is 1. The van der Waals surface area contributed by atoms with Gasteiger partial charge in [0.1, 0.15) is 17.9 Å². The first-order valence-corrected chi connectivity index (χ1v) is 8.43. The zero-order chi connectivity index (χ0) is 19.6. The summed E-state index contributed by atoms with van der Waals surface area (Å²) in [4.78, 5) is 26.9. The van der Waals surface area contributed by atoms with Crippen LogP contribution in [0.3, 0.4) is 0 Å². The second kappa shape index (κ2) is 7.40. The van der Waals surface area contributed by atoms with E-state index in [1.165, 1.54) is 4.68 Å². The number of nitro groups is 1. The highest BCUT2D eigenvalue weighted by atomic mass is 16.6. The first kappa shape index (κ1) is 18.3. The maximum Gasteiger partial charge on any atom is 0.312 e. The van der Waals surface area contributed by atoms with E-state index in [0.717, 1.165) is 11.3 Å². The Hall–Kier alpha value is -3.49. The van der Waals surface area contributed by atoms with Crippen LogP contribution in [0.4, 0.5) is 5.69 Å². The van der Waals surface area contributed by atoms with Crippen LogP contribution < -0.4 is 5.32 Å². The zero-order valence-electron chi connectivity index (χ0n) is 15.3. The Labute approximate surface area is 155 Å². The standard InChI is InChI=1S/C18H20N6O3/c1-12(15-4-6-16(7-5-15)22-9-8-19-11-22)20-17(25)10-23-14(3)18(24(26)27)13(2)21-23/h4-9,11-12H,10H2,1-3H3,(H,20,25)/t12-/m1/s1. The summed E-state index contributed by atoms with van der Waals surface area (Å²) in [7, 11) is 0. The normalized spacial score (nSPS) is 12.0. The second-order valence-electron chi connectivity index (χ2n) is 6.28. The number of carbonyl (C=O) groups is 1. The molecule has 1 N–H and O–H groups in total. The highest BCUT2D eigenvalue weighted by Crippen LogP contribution is 2.22. The van der Waals surface area contributed by atoms with Crippen LogP contribution in [0, 0.1) is 24.0 Å². The third kappa shape index (κ3) is 3.86. The van der Waals surface area contributed by atoms with Gasteiger partial charge < -0.3 is 9.88 Å². The summed E-state index contributed by atoms with van der Waals surface area (Å²) in [6.45, 7) is 4.96. The number of nitrogens with zero attached hydrogens (tertiary/aromatic N) is 5. The number of amides is 1. The van der Waals surface area contributed by atoms with E-state index in [0.29, 0.717) is 11.4 Å². The molecular weight excluding hydrogens is 348 g/mol.